The molecular weight excluding hydrogens is 633 g/mol. The van der Waals surface area contributed by atoms with Crippen LogP contribution in [-0.2, 0) is 31.2 Å². The highest BCUT2D eigenvalue weighted by Gasteiger charge is 2.34. The summed E-state index contributed by atoms with van der Waals surface area (Å²) < 4.78 is 57.8. The second-order valence-electron chi connectivity index (χ2n) is 9.21. The first-order chi connectivity index (χ1) is 20.5. The van der Waals surface area contributed by atoms with Gasteiger partial charge in [0.2, 0.25) is 10.6 Å². The van der Waals surface area contributed by atoms with Gasteiger partial charge in [0.25, 0.3) is 16.0 Å². The van der Waals surface area contributed by atoms with Crippen LogP contribution in [0.25, 0.3) is 0 Å². The minimum absolute atomic E-state index is 0.0321. The highest BCUT2D eigenvalue weighted by molar-refractivity contribution is 8.84. The summed E-state index contributed by atoms with van der Waals surface area (Å²) in [6, 6.07) is 22.4. The Morgan fingerprint density at radius 3 is 2.14 bits per heavy atom. The molecule has 1 aliphatic heterocycles. The zero-order valence-corrected chi connectivity index (χ0v) is 25.8. The molecule has 0 spiro atoms. The maximum atomic E-state index is 13.6. The molecule has 0 aliphatic carbocycles. The van der Waals surface area contributed by atoms with Crippen LogP contribution in [0, 0.1) is 0 Å². The minimum atomic E-state index is -4.46. The van der Waals surface area contributed by atoms with Crippen molar-refractivity contribution in [3.05, 3.63) is 109 Å². The summed E-state index contributed by atoms with van der Waals surface area (Å²) in [4.78, 5) is 29.5. The highest BCUT2D eigenvalue weighted by atomic mass is 33.1. The van der Waals surface area contributed by atoms with E-state index in [1.807, 2.05) is 30.3 Å². The Labute approximate surface area is 257 Å². The van der Waals surface area contributed by atoms with Crippen LogP contribution in [0.2, 0.25) is 0 Å². The third kappa shape index (κ3) is 8.78. The number of nitrogens with one attached hydrogen (secondary N) is 3. The fourth-order valence-corrected chi connectivity index (χ4v) is 8.92. The predicted octanol–water partition coefficient (Wildman–Crippen LogP) is 3.85. The summed E-state index contributed by atoms with van der Waals surface area (Å²) >= 11 is 0. The molecule has 0 saturated carbocycles. The van der Waals surface area contributed by atoms with Gasteiger partial charge in [0.1, 0.15) is 5.37 Å². The zero-order chi connectivity index (χ0) is 31.0. The van der Waals surface area contributed by atoms with Crippen LogP contribution in [0.3, 0.4) is 0 Å². The second-order valence-corrected chi connectivity index (χ2v) is 15.3. The molecule has 0 fully saturated rings. The summed E-state index contributed by atoms with van der Waals surface area (Å²) in [6.07, 6.45) is 1.79. The number of nitrogens with zero attached hydrogens (tertiary/aromatic N) is 1. The molecule has 0 saturated heterocycles. The van der Waals surface area contributed by atoms with Crippen LogP contribution in [0.4, 0.5) is 5.69 Å². The van der Waals surface area contributed by atoms with E-state index in [0.717, 1.165) is 27.2 Å². The smallest absolute Gasteiger partial charge is 0.299 e. The van der Waals surface area contributed by atoms with Crippen molar-refractivity contribution in [3.8, 4) is 0 Å². The molecule has 3 atom stereocenters. The molecule has 3 aromatic rings. The monoisotopic (exact) mass is 660 g/mol. The third-order valence-electron chi connectivity index (χ3n) is 6.19. The number of benzene rings is 3. The lowest BCUT2D eigenvalue weighted by Crippen LogP contribution is -2.51. The normalized spacial score (nSPS) is 16.5. The maximum Gasteiger partial charge on any atom is 0.299 e. The first-order valence-corrected chi connectivity index (χ1v) is 18.0. The molecule has 226 valence electrons. The molecule has 4 rings (SSSR count). The number of sulfone groups is 1. The van der Waals surface area contributed by atoms with Crippen molar-refractivity contribution in [2.75, 3.05) is 5.32 Å². The number of anilines is 1. The number of rotatable bonds is 12. The van der Waals surface area contributed by atoms with Crippen molar-refractivity contribution < 1.29 is 31.0 Å². The van der Waals surface area contributed by atoms with Crippen LogP contribution in [0.1, 0.15) is 22.3 Å². The fraction of sp³-hybridized carbons (Fsp3) is 0.179. The Kier molecular flexibility index (Phi) is 10.8. The molecular formula is C28H28N4O7S4. The van der Waals surface area contributed by atoms with E-state index in [9.17, 15) is 31.0 Å². The van der Waals surface area contributed by atoms with E-state index >= 15 is 0 Å². The van der Waals surface area contributed by atoms with Gasteiger partial charge >= 0.3 is 0 Å². The van der Waals surface area contributed by atoms with Crippen molar-refractivity contribution in [3.63, 3.8) is 0 Å². The second kappa shape index (κ2) is 14.3. The molecule has 4 N–H and O–H groups in total. The van der Waals surface area contributed by atoms with Gasteiger partial charge in [-0.05, 0) is 76.4 Å². The Morgan fingerprint density at radius 1 is 0.930 bits per heavy atom. The van der Waals surface area contributed by atoms with E-state index in [-0.39, 0.29) is 22.4 Å². The summed E-state index contributed by atoms with van der Waals surface area (Å²) in [6.45, 7) is 3.66. The molecule has 3 unspecified atom stereocenters. The molecule has 0 bridgehead atoms. The number of amides is 2. The Hall–Kier alpha value is -3.47. The number of hydrogen-bond acceptors (Lipinski definition) is 10. The number of carbonyl (C=O) groups excluding carboxylic acids is 2. The largest absolute Gasteiger partial charge is 0.322 e. The molecule has 0 aromatic heterocycles. The van der Waals surface area contributed by atoms with Gasteiger partial charge in [0.15, 0.2) is 15.0 Å². The first-order valence-electron chi connectivity index (χ1n) is 12.8. The minimum Gasteiger partial charge on any atom is -0.322 e. The lowest BCUT2D eigenvalue weighted by Gasteiger charge is -2.23. The molecule has 1 aliphatic rings. The number of aliphatic imine (C=N–C) groups is 1. The molecule has 11 nitrogen and oxygen atoms in total. The van der Waals surface area contributed by atoms with Gasteiger partial charge in [0, 0.05) is 11.3 Å². The number of hydrogen-bond donors (Lipinski definition) is 4. The standard InChI is InChI=1S/C28H28N4O7S4/c1-2-24(42(35,36)22-16-14-21(15-17-22)29-25(33)20-11-7-4-8-12-20)30-23(18-13-19-9-5-3-6-10-19)26(34)31-27-32-28(41-40-27)43(37,38)39/h2-12,14-17,23-24,28,30H,1,13,18H2,(H,29,33)(H,31,32,34)(H,37,38,39). The lowest BCUT2D eigenvalue weighted by atomic mass is 10.0. The summed E-state index contributed by atoms with van der Waals surface area (Å²) in [5.41, 5.74) is 1.76. The summed E-state index contributed by atoms with van der Waals surface area (Å²) in [5.74, 6) is -0.986. The van der Waals surface area contributed by atoms with Gasteiger partial charge in [-0.2, -0.15) is 8.42 Å². The average molecular weight is 661 g/mol. The fourth-order valence-electron chi connectivity index (χ4n) is 3.98. The van der Waals surface area contributed by atoms with E-state index in [1.165, 1.54) is 30.3 Å². The van der Waals surface area contributed by atoms with E-state index in [0.29, 0.717) is 17.7 Å². The maximum absolute atomic E-state index is 13.6. The van der Waals surface area contributed by atoms with Gasteiger partial charge in [-0.1, -0.05) is 54.6 Å². The SMILES string of the molecule is C=CC(NC(CCc1ccccc1)C(=O)NC1=NC(S(=O)(=O)O)SS1)S(=O)(=O)c1ccc(NC(=O)c2ccccc2)cc1. The predicted molar refractivity (Wildman–Crippen MR) is 170 cm³/mol. The molecule has 1 heterocycles. The van der Waals surface area contributed by atoms with Crippen LogP contribution in [-0.4, -0.2) is 54.5 Å². The quantitative estimate of drug-likeness (QED) is 0.127. The number of amidine groups is 1. The van der Waals surface area contributed by atoms with Crippen molar-refractivity contribution in [2.24, 2.45) is 4.99 Å². The molecule has 43 heavy (non-hydrogen) atoms. The van der Waals surface area contributed by atoms with Gasteiger partial charge in [0.05, 0.1) is 10.9 Å². The van der Waals surface area contributed by atoms with Crippen LogP contribution in [0.15, 0.2) is 107 Å². The van der Waals surface area contributed by atoms with Crippen molar-refractivity contribution in [1.29, 1.82) is 0 Å². The van der Waals surface area contributed by atoms with Crippen molar-refractivity contribution in [1.82, 2.24) is 10.6 Å². The van der Waals surface area contributed by atoms with Crippen molar-refractivity contribution >= 4 is 64.2 Å². The van der Waals surface area contributed by atoms with Gasteiger partial charge < -0.3 is 10.6 Å². The van der Waals surface area contributed by atoms with E-state index in [4.69, 9.17) is 0 Å². The van der Waals surface area contributed by atoms with Crippen molar-refractivity contribution in [2.45, 2.75) is 33.9 Å². The topological polar surface area (TPSA) is 171 Å². The summed E-state index contributed by atoms with van der Waals surface area (Å²) in [7, 11) is -6.94. The Morgan fingerprint density at radius 2 is 1.56 bits per heavy atom. The number of aryl methyl sites for hydroxylation is 1. The van der Waals surface area contributed by atoms with Crippen LogP contribution >= 0.6 is 21.6 Å². The van der Waals surface area contributed by atoms with Crippen LogP contribution in [0.5, 0.6) is 0 Å². The van der Waals surface area contributed by atoms with E-state index in [2.05, 4.69) is 27.5 Å². The van der Waals surface area contributed by atoms with E-state index < -0.39 is 42.0 Å². The van der Waals surface area contributed by atoms with Crippen LogP contribution < -0.4 is 16.0 Å². The average Bonchev–Trinajstić information content (AvgIpc) is 3.47. The molecule has 15 heteroatoms. The molecule has 2 amide bonds. The summed E-state index contributed by atoms with van der Waals surface area (Å²) in [5, 5.41) is 6.70. The Bertz CT molecular complexity index is 1700. The molecule has 3 aromatic carbocycles. The van der Waals surface area contributed by atoms with Gasteiger partial charge in [-0.25, -0.2) is 13.4 Å². The highest BCUT2D eigenvalue weighted by Crippen LogP contribution is 2.37. The van der Waals surface area contributed by atoms with E-state index in [1.54, 1.807) is 30.3 Å². The number of carbonyl (C=O) groups is 2. The Balaban J connectivity index is 1.50. The lowest BCUT2D eigenvalue weighted by molar-refractivity contribution is -0.121. The zero-order valence-electron chi connectivity index (χ0n) is 22.5. The third-order valence-corrected chi connectivity index (χ3v) is 12.2. The molecule has 0 radical (unpaired) electrons. The van der Waals surface area contributed by atoms with Gasteiger partial charge in [-0.3, -0.25) is 19.5 Å². The first kappa shape index (κ1) is 32.4. The van der Waals surface area contributed by atoms with Gasteiger partial charge in [-0.15, -0.1) is 6.58 Å².